The van der Waals surface area contributed by atoms with Crippen LogP contribution in [0, 0.1) is 13.8 Å². The Bertz CT molecular complexity index is 1130. The Morgan fingerprint density at radius 2 is 1.79 bits per heavy atom. The first-order valence-corrected chi connectivity index (χ1v) is 12.6. The van der Waals surface area contributed by atoms with E-state index in [0.717, 1.165) is 24.0 Å². The van der Waals surface area contributed by atoms with Crippen molar-refractivity contribution in [2.75, 3.05) is 13.1 Å². The highest BCUT2D eigenvalue weighted by Gasteiger charge is 2.35. The van der Waals surface area contributed by atoms with Crippen LogP contribution in [0.3, 0.4) is 0 Å². The second kappa shape index (κ2) is 9.92. The number of carbonyl (C=O) groups excluding carboxylic acids is 2. The first-order valence-electron chi connectivity index (χ1n) is 11.7. The van der Waals surface area contributed by atoms with Gasteiger partial charge in [0.25, 0.3) is 5.91 Å². The van der Waals surface area contributed by atoms with Crippen molar-refractivity contribution >= 4 is 23.2 Å². The van der Waals surface area contributed by atoms with Crippen LogP contribution in [0.1, 0.15) is 63.8 Å². The number of amides is 2. The minimum absolute atomic E-state index is 0.000801. The highest BCUT2D eigenvalue weighted by molar-refractivity contribution is 7.10. The lowest BCUT2D eigenvalue weighted by Gasteiger charge is -2.39. The van der Waals surface area contributed by atoms with Gasteiger partial charge in [0.1, 0.15) is 6.54 Å². The largest absolute Gasteiger partial charge is 0.330 e. The van der Waals surface area contributed by atoms with Gasteiger partial charge in [0.2, 0.25) is 5.91 Å². The fourth-order valence-corrected chi connectivity index (χ4v) is 5.46. The summed E-state index contributed by atoms with van der Waals surface area (Å²) in [6.45, 7) is 8.93. The summed E-state index contributed by atoms with van der Waals surface area (Å²) in [6.07, 6.45) is 1.65. The van der Waals surface area contributed by atoms with Gasteiger partial charge < -0.3 is 9.80 Å². The van der Waals surface area contributed by atoms with E-state index >= 15 is 0 Å². The molecule has 2 unspecified atom stereocenters. The average molecular weight is 461 g/mol. The zero-order valence-electron chi connectivity index (χ0n) is 19.9. The summed E-state index contributed by atoms with van der Waals surface area (Å²) >= 11 is 1.77. The van der Waals surface area contributed by atoms with Gasteiger partial charge in [-0.05, 0) is 73.9 Å². The van der Waals surface area contributed by atoms with Crippen LogP contribution in [0.2, 0.25) is 0 Å². The number of hydrogen-bond donors (Lipinski definition) is 0. The molecule has 4 nitrogen and oxygen atoms in total. The van der Waals surface area contributed by atoms with Crippen molar-refractivity contribution in [1.82, 2.24) is 9.80 Å². The summed E-state index contributed by atoms with van der Waals surface area (Å²) in [7, 11) is 0. The van der Waals surface area contributed by atoms with Gasteiger partial charge >= 0.3 is 0 Å². The van der Waals surface area contributed by atoms with E-state index in [-0.39, 0.29) is 30.4 Å². The molecule has 1 aromatic heterocycles. The van der Waals surface area contributed by atoms with E-state index < -0.39 is 0 Å². The Balaban J connectivity index is 1.65. The Morgan fingerprint density at radius 1 is 1.06 bits per heavy atom. The average Bonchev–Trinajstić information content (AvgIpc) is 3.31. The van der Waals surface area contributed by atoms with Gasteiger partial charge in [-0.3, -0.25) is 9.59 Å². The van der Waals surface area contributed by atoms with Gasteiger partial charge in [-0.15, -0.1) is 11.3 Å². The Morgan fingerprint density at radius 3 is 2.48 bits per heavy atom. The van der Waals surface area contributed by atoms with Crippen LogP contribution in [0.25, 0.3) is 0 Å². The van der Waals surface area contributed by atoms with Crippen LogP contribution in [-0.2, 0) is 11.2 Å². The minimum atomic E-state index is -0.109. The molecule has 0 saturated carbocycles. The maximum Gasteiger partial charge on any atom is 0.254 e. The van der Waals surface area contributed by atoms with Crippen LogP contribution < -0.4 is 0 Å². The summed E-state index contributed by atoms with van der Waals surface area (Å²) in [5.41, 5.74) is 5.29. The number of thiophene rings is 1. The lowest BCUT2D eigenvalue weighted by molar-refractivity contribution is -0.134. The summed E-state index contributed by atoms with van der Waals surface area (Å²) in [5.74, 6) is -0.0840. The molecule has 33 heavy (non-hydrogen) atoms. The predicted octanol–water partition coefficient (Wildman–Crippen LogP) is 5.78. The van der Waals surface area contributed by atoms with Crippen molar-refractivity contribution in [3.05, 3.63) is 92.7 Å². The van der Waals surface area contributed by atoms with E-state index in [1.54, 1.807) is 16.2 Å². The van der Waals surface area contributed by atoms with E-state index in [1.165, 1.54) is 16.0 Å². The topological polar surface area (TPSA) is 40.6 Å². The van der Waals surface area contributed by atoms with E-state index in [2.05, 4.69) is 37.4 Å². The van der Waals surface area contributed by atoms with Gasteiger partial charge in [-0.25, -0.2) is 0 Å². The second-order valence-corrected chi connectivity index (χ2v) is 9.95. The Labute approximate surface area is 200 Å². The van der Waals surface area contributed by atoms with Gasteiger partial charge in [-0.2, -0.15) is 0 Å². The summed E-state index contributed by atoms with van der Waals surface area (Å²) in [5, 5.41) is 2.12. The predicted molar refractivity (Wildman–Crippen MR) is 135 cm³/mol. The molecular weight excluding hydrogens is 428 g/mol. The Kier molecular flexibility index (Phi) is 6.99. The van der Waals surface area contributed by atoms with Gasteiger partial charge in [0.15, 0.2) is 0 Å². The molecule has 0 saturated heterocycles. The van der Waals surface area contributed by atoms with Crippen molar-refractivity contribution in [2.24, 2.45) is 0 Å². The molecule has 0 fully saturated rings. The molecule has 2 atom stereocenters. The molecule has 2 amide bonds. The summed E-state index contributed by atoms with van der Waals surface area (Å²) in [6, 6.07) is 17.9. The molecule has 2 heterocycles. The molecule has 5 heteroatoms. The first-order chi connectivity index (χ1) is 15.9. The molecule has 1 aliphatic rings. The number of fused-ring (bicyclic) bond motifs is 1. The number of hydrogen-bond acceptors (Lipinski definition) is 3. The molecule has 172 valence electrons. The fraction of sp³-hybridized carbons (Fsp3) is 0.357. The second-order valence-electron chi connectivity index (χ2n) is 8.95. The lowest BCUT2D eigenvalue weighted by Crippen LogP contribution is -2.49. The maximum atomic E-state index is 13.8. The van der Waals surface area contributed by atoms with Crippen molar-refractivity contribution in [2.45, 2.75) is 52.6 Å². The fourth-order valence-electron chi connectivity index (χ4n) is 4.56. The zero-order chi connectivity index (χ0) is 23.5. The standard InChI is InChI=1S/C28H32N2O2S/c1-5-21(4)30(28(32)22-12-10-19(2)11-13-22)18-26(31)29-16-14-25-24(15-17-33-25)27(29)23-9-7-6-8-20(23)3/h6-13,15,17,21,27H,5,14,16,18H2,1-4H3. The molecule has 0 aliphatic carbocycles. The third-order valence-electron chi connectivity index (χ3n) is 6.76. The molecule has 2 aromatic carbocycles. The molecule has 0 spiro atoms. The van der Waals surface area contributed by atoms with Crippen LogP contribution >= 0.6 is 11.3 Å². The Hall–Kier alpha value is -2.92. The van der Waals surface area contributed by atoms with Crippen LogP contribution in [0.5, 0.6) is 0 Å². The third kappa shape index (κ3) is 4.74. The molecular formula is C28H32N2O2S. The van der Waals surface area contributed by atoms with Crippen molar-refractivity contribution < 1.29 is 9.59 Å². The highest BCUT2D eigenvalue weighted by atomic mass is 32.1. The molecule has 1 aliphatic heterocycles. The van der Waals surface area contributed by atoms with Crippen LogP contribution in [-0.4, -0.2) is 40.7 Å². The van der Waals surface area contributed by atoms with E-state index in [4.69, 9.17) is 0 Å². The van der Waals surface area contributed by atoms with Gasteiger partial charge in [-0.1, -0.05) is 48.9 Å². The minimum Gasteiger partial charge on any atom is -0.330 e. The molecule has 0 N–H and O–H groups in total. The SMILES string of the molecule is CCC(C)N(CC(=O)N1CCc2sccc2C1c1ccccc1C)C(=O)c1ccc(C)cc1. The quantitative estimate of drug-likeness (QED) is 0.468. The normalized spacial score (nSPS) is 16.2. The molecule has 0 bridgehead atoms. The number of carbonyl (C=O) groups is 2. The summed E-state index contributed by atoms with van der Waals surface area (Å²) in [4.78, 5) is 32.2. The van der Waals surface area contributed by atoms with Crippen molar-refractivity contribution in [1.29, 1.82) is 0 Å². The molecule has 0 radical (unpaired) electrons. The van der Waals surface area contributed by atoms with Crippen molar-refractivity contribution in [3.63, 3.8) is 0 Å². The third-order valence-corrected chi connectivity index (χ3v) is 7.75. The zero-order valence-corrected chi connectivity index (χ0v) is 20.7. The van der Waals surface area contributed by atoms with Crippen LogP contribution in [0.4, 0.5) is 0 Å². The van der Waals surface area contributed by atoms with Crippen molar-refractivity contribution in [3.8, 4) is 0 Å². The van der Waals surface area contributed by atoms with E-state index in [1.807, 2.05) is 55.1 Å². The smallest absolute Gasteiger partial charge is 0.254 e. The molecule has 3 aromatic rings. The highest BCUT2D eigenvalue weighted by Crippen LogP contribution is 2.39. The van der Waals surface area contributed by atoms with Crippen LogP contribution in [0.15, 0.2) is 60.0 Å². The number of nitrogens with zero attached hydrogens (tertiary/aromatic N) is 2. The van der Waals surface area contributed by atoms with E-state index in [9.17, 15) is 9.59 Å². The monoisotopic (exact) mass is 460 g/mol. The van der Waals surface area contributed by atoms with Gasteiger partial charge in [0.05, 0.1) is 6.04 Å². The number of aryl methyl sites for hydroxylation is 2. The first kappa shape index (κ1) is 23.2. The summed E-state index contributed by atoms with van der Waals surface area (Å²) < 4.78 is 0. The number of rotatable bonds is 6. The lowest BCUT2D eigenvalue weighted by atomic mass is 9.90. The molecule has 4 rings (SSSR count). The van der Waals surface area contributed by atoms with Gasteiger partial charge in [0, 0.05) is 23.0 Å². The maximum absolute atomic E-state index is 13.8. The number of benzene rings is 2. The van der Waals surface area contributed by atoms with E-state index in [0.29, 0.717) is 12.1 Å².